The standard InChI is InChI=1S/C37H51N/c1-13-15-16-17-27(3)32-26-30(20-23-33(32)37(11,24-14-2)36(8,9)10)28(4)25-34(38-12)29-18-21-31(22-19-29)35(5,6)7/h13-22,24,26,33H,3-4,23,25H2,1-2,5-12H3/b15-13-,17-16-,24-14?,38-34?. The minimum atomic E-state index is -0.0286. The van der Waals surface area contributed by atoms with E-state index in [-0.39, 0.29) is 16.2 Å². The summed E-state index contributed by atoms with van der Waals surface area (Å²) in [5, 5.41) is 0. The van der Waals surface area contributed by atoms with Gasteiger partial charge in [-0.2, -0.15) is 0 Å². The maximum Gasteiger partial charge on any atom is 0.0460 e. The van der Waals surface area contributed by atoms with Crippen molar-refractivity contribution in [1.82, 2.24) is 0 Å². The maximum absolute atomic E-state index is 4.66. The summed E-state index contributed by atoms with van der Waals surface area (Å²) in [5.41, 5.74) is 8.39. The Morgan fingerprint density at radius 1 is 0.947 bits per heavy atom. The molecule has 0 radical (unpaired) electrons. The lowest BCUT2D eigenvalue weighted by atomic mass is 9.56. The third kappa shape index (κ3) is 7.34. The number of aliphatic imine (C=N–C) groups is 1. The quantitative estimate of drug-likeness (QED) is 0.178. The van der Waals surface area contributed by atoms with Gasteiger partial charge in [0.05, 0.1) is 0 Å². The van der Waals surface area contributed by atoms with Crippen molar-refractivity contribution in [3.05, 3.63) is 119 Å². The molecule has 2 rings (SSSR count). The maximum atomic E-state index is 4.66. The van der Waals surface area contributed by atoms with Gasteiger partial charge in [0.1, 0.15) is 0 Å². The number of benzene rings is 1. The SMILES string of the molecule is C=C(/C=C\C=C/C)C1=CC(C(=C)CC(=NC)c2ccc(C(C)(C)C)cc2)=CCC1C(C)(C=CC)C(C)(C)C. The van der Waals surface area contributed by atoms with Crippen LogP contribution in [0.4, 0.5) is 0 Å². The van der Waals surface area contributed by atoms with Crippen LogP contribution in [0.1, 0.15) is 86.3 Å². The van der Waals surface area contributed by atoms with Crippen LogP contribution in [0.3, 0.4) is 0 Å². The largest absolute Gasteiger partial charge is 0.292 e. The van der Waals surface area contributed by atoms with Crippen LogP contribution in [0.25, 0.3) is 0 Å². The highest BCUT2D eigenvalue weighted by atomic mass is 14.7. The van der Waals surface area contributed by atoms with Crippen molar-refractivity contribution in [3.63, 3.8) is 0 Å². The molecule has 0 aliphatic heterocycles. The number of hydrogen-bond acceptors (Lipinski definition) is 1. The molecule has 0 aromatic heterocycles. The second-order valence-corrected chi connectivity index (χ2v) is 12.8. The fourth-order valence-electron chi connectivity index (χ4n) is 5.22. The first-order valence-electron chi connectivity index (χ1n) is 14.0. The van der Waals surface area contributed by atoms with E-state index in [4.69, 9.17) is 0 Å². The zero-order chi connectivity index (χ0) is 28.7. The van der Waals surface area contributed by atoms with Crippen LogP contribution >= 0.6 is 0 Å². The molecule has 0 spiro atoms. The lowest BCUT2D eigenvalue weighted by molar-refractivity contribution is 0.109. The summed E-state index contributed by atoms with van der Waals surface area (Å²) < 4.78 is 0. The second kappa shape index (κ2) is 12.7. The molecule has 0 fully saturated rings. The third-order valence-corrected chi connectivity index (χ3v) is 8.23. The lowest BCUT2D eigenvalue weighted by Crippen LogP contribution is -2.40. The van der Waals surface area contributed by atoms with Crippen molar-refractivity contribution in [2.45, 2.75) is 80.6 Å². The van der Waals surface area contributed by atoms with Crippen LogP contribution in [0.5, 0.6) is 0 Å². The van der Waals surface area contributed by atoms with Crippen molar-refractivity contribution in [2.24, 2.45) is 21.7 Å². The smallest absolute Gasteiger partial charge is 0.0460 e. The van der Waals surface area contributed by atoms with Gasteiger partial charge in [-0.1, -0.05) is 134 Å². The summed E-state index contributed by atoms with van der Waals surface area (Å²) in [7, 11) is 1.88. The van der Waals surface area contributed by atoms with E-state index in [1.54, 1.807) is 0 Å². The summed E-state index contributed by atoms with van der Waals surface area (Å²) in [5.74, 6) is 0.322. The van der Waals surface area contributed by atoms with E-state index >= 15 is 0 Å². The van der Waals surface area contributed by atoms with Crippen LogP contribution < -0.4 is 0 Å². The molecule has 1 nitrogen and oxygen atoms in total. The van der Waals surface area contributed by atoms with Crippen molar-refractivity contribution in [1.29, 1.82) is 0 Å². The van der Waals surface area contributed by atoms with E-state index in [1.165, 1.54) is 16.7 Å². The van der Waals surface area contributed by atoms with E-state index in [9.17, 15) is 0 Å². The van der Waals surface area contributed by atoms with Gasteiger partial charge < -0.3 is 0 Å². The Hall–Kier alpha value is -2.93. The zero-order valence-corrected chi connectivity index (χ0v) is 25.8. The first kappa shape index (κ1) is 31.3. The Balaban J connectivity index is 2.44. The van der Waals surface area contributed by atoms with Crippen molar-refractivity contribution >= 4 is 5.71 Å². The summed E-state index contributed by atoms with van der Waals surface area (Å²) in [6.45, 7) is 29.3. The van der Waals surface area contributed by atoms with E-state index in [0.29, 0.717) is 5.92 Å². The number of nitrogens with zero attached hydrogens (tertiary/aromatic N) is 1. The van der Waals surface area contributed by atoms with Gasteiger partial charge in [-0.3, -0.25) is 4.99 Å². The summed E-state index contributed by atoms with van der Waals surface area (Å²) in [6, 6.07) is 8.84. The molecule has 2 unspecified atom stereocenters. The van der Waals surface area contributed by atoms with Gasteiger partial charge >= 0.3 is 0 Å². The topological polar surface area (TPSA) is 12.4 Å². The first-order chi connectivity index (χ1) is 17.7. The number of allylic oxidation sites excluding steroid dienone is 12. The van der Waals surface area contributed by atoms with Crippen LogP contribution in [0.2, 0.25) is 0 Å². The molecule has 2 atom stereocenters. The van der Waals surface area contributed by atoms with Crippen molar-refractivity contribution < 1.29 is 0 Å². The number of hydrogen-bond donors (Lipinski definition) is 0. The first-order valence-corrected chi connectivity index (χ1v) is 14.0. The Morgan fingerprint density at radius 2 is 1.58 bits per heavy atom. The minimum absolute atomic E-state index is 0.0286. The Labute approximate surface area is 234 Å². The Bertz CT molecular complexity index is 1180. The minimum Gasteiger partial charge on any atom is -0.292 e. The summed E-state index contributed by atoms with van der Waals surface area (Å²) >= 11 is 0. The van der Waals surface area contributed by atoms with Gasteiger partial charge in [0.15, 0.2) is 0 Å². The van der Waals surface area contributed by atoms with Crippen LogP contribution in [-0.4, -0.2) is 12.8 Å². The van der Waals surface area contributed by atoms with E-state index in [2.05, 4.69) is 140 Å². The van der Waals surface area contributed by atoms with Gasteiger partial charge in [-0.05, 0) is 75.9 Å². The molecule has 0 amide bonds. The van der Waals surface area contributed by atoms with Gasteiger partial charge in [0, 0.05) is 19.2 Å². The highest BCUT2D eigenvalue weighted by molar-refractivity contribution is 6.02. The van der Waals surface area contributed by atoms with Gasteiger partial charge in [-0.15, -0.1) is 0 Å². The van der Waals surface area contributed by atoms with E-state index in [1.807, 2.05) is 20.0 Å². The van der Waals surface area contributed by atoms with E-state index in [0.717, 1.165) is 35.3 Å². The molecule has 1 aromatic rings. The van der Waals surface area contributed by atoms with Crippen molar-refractivity contribution in [3.8, 4) is 0 Å². The molecular weight excluding hydrogens is 458 g/mol. The van der Waals surface area contributed by atoms with Crippen LogP contribution in [0, 0.1) is 16.7 Å². The number of rotatable bonds is 9. The molecule has 0 heterocycles. The zero-order valence-electron chi connectivity index (χ0n) is 25.8. The Morgan fingerprint density at radius 3 is 2.08 bits per heavy atom. The molecule has 204 valence electrons. The monoisotopic (exact) mass is 509 g/mol. The molecule has 1 aromatic carbocycles. The van der Waals surface area contributed by atoms with E-state index < -0.39 is 0 Å². The molecular formula is C37H51N. The van der Waals surface area contributed by atoms with Gasteiger partial charge in [0.2, 0.25) is 0 Å². The van der Waals surface area contributed by atoms with Crippen molar-refractivity contribution in [2.75, 3.05) is 7.05 Å². The summed E-state index contributed by atoms with van der Waals surface area (Å²) in [6.07, 6.45) is 19.3. The molecule has 0 N–H and O–H groups in total. The summed E-state index contributed by atoms with van der Waals surface area (Å²) in [4.78, 5) is 4.66. The van der Waals surface area contributed by atoms with Crippen LogP contribution in [0.15, 0.2) is 113 Å². The van der Waals surface area contributed by atoms with Gasteiger partial charge in [0.25, 0.3) is 0 Å². The Kier molecular flexibility index (Phi) is 10.5. The highest BCUT2D eigenvalue weighted by Gasteiger charge is 2.44. The van der Waals surface area contributed by atoms with Crippen LogP contribution in [-0.2, 0) is 5.41 Å². The normalized spacial score (nSPS) is 19.1. The lowest BCUT2D eigenvalue weighted by Gasteiger charge is -2.48. The molecule has 1 heteroatoms. The van der Waals surface area contributed by atoms with Gasteiger partial charge in [-0.25, -0.2) is 0 Å². The molecule has 1 aliphatic rings. The molecule has 0 saturated heterocycles. The fraction of sp³-hybridized carbons (Fsp3) is 0.432. The average Bonchev–Trinajstić information content (AvgIpc) is 2.85. The predicted octanol–water partition coefficient (Wildman–Crippen LogP) is 10.5. The molecule has 0 bridgehead atoms. The fourth-order valence-corrected chi connectivity index (χ4v) is 5.22. The average molecular weight is 510 g/mol. The predicted molar refractivity (Wildman–Crippen MR) is 171 cm³/mol. The second-order valence-electron chi connectivity index (χ2n) is 12.8. The molecule has 0 saturated carbocycles. The molecule has 1 aliphatic carbocycles. The third-order valence-electron chi connectivity index (χ3n) is 8.23. The molecule has 38 heavy (non-hydrogen) atoms. The highest BCUT2D eigenvalue weighted by Crippen LogP contribution is 2.53.